The lowest BCUT2D eigenvalue weighted by Crippen LogP contribution is -2.26. The van der Waals surface area contributed by atoms with Gasteiger partial charge >= 0.3 is 0 Å². The smallest absolute Gasteiger partial charge is 0.260 e. The minimum atomic E-state index is -3.73. The maximum absolute atomic E-state index is 12.3. The maximum Gasteiger partial charge on any atom is 0.260 e. The molecular weight excluding hydrogens is 288 g/mol. The zero-order valence-electron chi connectivity index (χ0n) is 11.7. The fraction of sp³-hybridized carbons (Fsp3) is 0.214. The first-order valence-corrected chi connectivity index (χ1v) is 8.05. The van der Waals surface area contributed by atoms with Crippen LogP contribution in [0.3, 0.4) is 0 Å². The summed E-state index contributed by atoms with van der Waals surface area (Å²) in [5.74, 6) is 5.32. The van der Waals surface area contributed by atoms with Gasteiger partial charge in [0.05, 0.1) is 5.69 Å². The van der Waals surface area contributed by atoms with Crippen molar-refractivity contribution in [3.05, 3.63) is 53.7 Å². The second-order valence-corrected chi connectivity index (χ2v) is 6.13. The van der Waals surface area contributed by atoms with Gasteiger partial charge in [0, 0.05) is 12.7 Å². The second-order valence-electron chi connectivity index (χ2n) is 4.45. The third-order valence-electron chi connectivity index (χ3n) is 3.13. The molecule has 7 heteroatoms. The van der Waals surface area contributed by atoms with Crippen molar-refractivity contribution in [3.63, 3.8) is 0 Å². The zero-order valence-corrected chi connectivity index (χ0v) is 12.5. The zero-order chi connectivity index (χ0) is 15.3. The Kier molecular flexibility index (Phi) is 4.89. The van der Waals surface area contributed by atoms with Crippen molar-refractivity contribution < 1.29 is 8.42 Å². The minimum absolute atomic E-state index is 0.110. The number of rotatable bonds is 6. The number of pyridine rings is 1. The highest BCUT2D eigenvalue weighted by Gasteiger charge is 2.19. The van der Waals surface area contributed by atoms with E-state index in [0.717, 1.165) is 17.5 Å². The SMILES string of the molecule is CCc1ccccc1CNS(=O)(=O)c1ncccc1NN. The fourth-order valence-electron chi connectivity index (χ4n) is 2.03. The Balaban J connectivity index is 2.22. The highest BCUT2D eigenvalue weighted by Crippen LogP contribution is 2.17. The third kappa shape index (κ3) is 3.57. The van der Waals surface area contributed by atoms with Crippen LogP contribution in [0.4, 0.5) is 5.69 Å². The minimum Gasteiger partial charge on any atom is -0.321 e. The number of nitrogens with zero attached hydrogens (tertiary/aromatic N) is 1. The van der Waals surface area contributed by atoms with Gasteiger partial charge in [-0.1, -0.05) is 31.2 Å². The number of aromatic nitrogens is 1. The van der Waals surface area contributed by atoms with Gasteiger partial charge in [-0.2, -0.15) is 0 Å². The van der Waals surface area contributed by atoms with Crippen LogP contribution in [0.2, 0.25) is 0 Å². The van der Waals surface area contributed by atoms with E-state index in [2.05, 4.69) is 15.1 Å². The Morgan fingerprint density at radius 1 is 1.14 bits per heavy atom. The van der Waals surface area contributed by atoms with Crippen LogP contribution in [0.1, 0.15) is 18.1 Å². The van der Waals surface area contributed by atoms with Crippen LogP contribution in [0.25, 0.3) is 0 Å². The van der Waals surface area contributed by atoms with Gasteiger partial charge in [0.15, 0.2) is 5.03 Å². The first-order chi connectivity index (χ1) is 10.1. The van der Waals surface area contributed by atoms with Gasteiger partial charge in [-0.25, -0.2) is 18.1 Å². The van der Waals surface area contributed by atoms with Gasteiger partial charge in [-0.05, 0) is 29.7 Å². The van der Waals surface area contributed by atoms with E-state index in [1.165, 1.54) is 6.20 Å². The second kappa shape index (κ2) is 6.66. The molecule has 21 heavy (non-hydrogen) atoms. The number of nitrogen functional groups attached to an aromatic ring is 1. The van der Waals surface area contributed by atoms with Crippen LogP contribution in [0.15, 0.2) is 47.6 Å². The molecule has 0 spiro atoms. The molecule has 0 aliphatic heterocycles. The number of hydrogen-bond donors (Lipinski definition) is 3. The molecule has 0 saturated carbocycles. The van der Waals surface area contributed by atoms with Crippen LogP contribution >= 0.6 is 0 Å². The standard InChI is InChI=1S/C14H18N4O2S/c1-2-11-6-3-4-7-12(11)10-17-21(19,20)14-13(18-15)8-5-9-16-14/h3-9,17-18H,2,10,15H2,1H3. The van der Waals surface area contributed by atoms with E-state index in [4.69, 9.17) is 5.84 Å². The Morgan fingerprint density at radius 2 is 1.86 bits per heavy atom. The molecule has 2 rings (SSSR count). The molecule has 0 bridgehead atoms. The van der Waals surface area contributed by atoms with Crippen LogP contribution in [0, 0.1) is 0 Å². The molecule has 2 aromatic rings. The molecule has 0 aliphatic rings. The summed E-state index contributed by atoms with van der Waals surface area (Å²) >= 11 is 0. The van der Waals surface area contributed by atoms with Gasteiger partial charge < -0.3 is 5.43 Å². The number of benzene rings is 1. The van der Waals surface area contributed by atoms with E-state index < -0.39 is 10.0 Å². The van der Waals surface area contributed by atoms with Crippen LogP contribution in [-0.2, 0) is 23.0 Å². The lowest BCUT2D eigenvalue weighted by molar-refractivity contribution is 0.577. The summed E-state index contributed by atoms with van der Waals surface area (Å²) in [4.78, 5) is 3.88. The molecule has 0 unspecified atom stereocenters. The quantitative estimate of drug-likeness (QED) is 0.554. The maximum atomic E-state index is 12.3. The number of nitrogens with two attached hydrogens (primary N) is 1. The van der Waals surface area contributed by atoms with E-state index in [0.29, 0.717) is 0 Å². The van der Waals surface area contributed by atoms with Crippen LogP contribution < -0.4 is 16.0 Å². The van der Waals surface area contributed by atoms with E-state index >= 15 is 0 Å². The summed E-state index contributed by atoms with van der Waals surface area (Å²) in [6, 6.07) is 10.9. The molecule has 0 aliphatic carbocycles. The molecule has 1 heterocycles. The van der Waals surface area contributed by atoms with E-state index in [1.807, 2.05) is 31.2 Å². The molecule has 0 atom stereocenters. The Labute approximate surface area is 124 Å². The lowest BCUT2D eigenvalue weighted by Gasteiger charge is -2.11. The molecule has 0 saturated heterocycles. The Morgan fingerprint density at radius 3 is 2.52 bits per heavy atom. The third-order valence-corrected chi connectivity index (χ3v) is 4.49. The van der Waals surface area contributed by atoms with E-state index in [-0.39, 0.29) is 17.3 Å². The van der Waals surface area contributed by atoms with Gasteiger partial charge in [-0.15, -0.1) is 0 Å². The summed E-state index contributed by atoms with van der Waals surface area (Å²) in [5.41, 5.74) is 4.65. The first-order valence-electron chi connectivity index (χ1n) is 6.56. The number of hydrogen-bond acceptors (Lipinski definition) is 5. The lowest BCUT2D eigenvalue weighted by atomic mass is 10.1. The topological polar surface area (TPSA) is 97.1 Å². The predicted molar refractivity (Wildman–Crippen MR) is 81.9 cm³/mol. The average molecular weight is 306 g/mol. The largest absolute Gasteiger partial charge is 0.321 e. The summed E-state index contributed by atoms with van der Waals surface area (Å²) in [5, 5.41) is -0.110. The number of nitrogens with one attached hydrogen (secondary N) is 2. The van der Waals surface area contributed by atoms with Crippen molar-refractivity contribution >= 4 is 15.7 Å². The van der Waals surface area contributed by atoms with Crippen molar-refractivity contribution in [2.45, 2.75) is 24.9 Å². The van der Waals surface area contributed by atoms with Crippen LogP contribution in [0.5, 0.6) is 0 Å². The summed E-state index contributed by atoms with van der Waals surface area (Å²) in [7, 11) is -3.73. The molecule has 0 radical (unpaired) electrons. The number of anilines is 1. The van der Waals surface area contributed by atoms with Gasteiger partial charge in [-0.3, -0.25) is 5.84 Å². The van der Waals surface area contributed by atoms with Crippen molar-refractivity contribution in [1.82, 2.24) is 9.71 Å². The fourth-order valence-corrected chi connectivity index (χ4v) is 3.13. The Bertz CT molecular complexity index is 716. The summed E-state index contributed by atoms with van der Waals surface area (Å²) < 4.78 is 27.2. The van der Waals surface area contributed by atoms with Gasteiger partial charge in [0.1, 0.15) is 0 Å². The molecule has 0 fully saturated rings. The molecule has 4 N–H and O–H groups in total. The molecule has 112 valence electrons. The highest BCUT2D eigenvalue weighted by molar-refractivity contribution is 7.89. The van der Waals surface area contributed by atoms with E-state index in [9.17, 15) is 8.42 Å². The molecule has 1 aromatic carbocycles. The Hall–Kier alpha value is -1.96. The van der Waals surface area contributed by atoms with Crippen molar-refractivity contribution in [2.24, 2.45) is 5.84 Å². The molecule has 1 aromatic heterocycles. The van der Waals surface area contributed by atoms with Crippen molar-refractivity contribution in [3.8, 4) is 0 Å². The number of hydrazine groups is 1. The monoisotopic (exact) mass is 306 g/mol. The van der Waals surface area contributed by atoms with Crippen molar-refractivity contribution in [2.75, 3.05) is 5.43 Å². The average Bonchev–Trinajstić information content (AvgIpc) is 2.53. The summed E-state index contributed by atoms with van der Waals surface area (Å²) in [6.45, 7) is 2.25. The van der Waals surface area contributed by atoms with Crippen LogP contribution in [-0.4, -0.2) is 13.4 Å². The highest BCUT2D eigenvalue weighted by atomic mass is 32.2. The molecule has 6 nitrogen and oxygen atoms in total. The summed E-state index contributed by atoms with van der Waals surface area (Å²) in [6.07, 6.45) is 2.26. The number of aryl methyl sites for hydroxylation is 1. The van der Waals surface area contributed by atoms with Gasteiger partial charge in [0.25, 0.3) is 10.0 Å². The molecule has 0 amide bonds. The first kappa shape index (κ1) is 15.4. The van der Waals surface area contributed by atoms with Gasteiger partial charge in [0.2, 0.25) is 0 Å². The molecular formula is C14H18N4O2S. The predicted octanol–water partition coefficient (Wildman–Crippen LogP) is 1.41. The van der Waals surface area contributed by atoms with Crippen molar-refractivity contribution in [1.29, 1.82) is 0 Å². The van der Waals surface area contributed by atoms with E-state index in [1.54, 1.807) is 12.1 Å². The normalized spacial score (nSPS) is 11.3. The number of sulfonamides is 1.